The van der Waals surface area contributed by atoms with Crippen molar-refractivity contribution in [2.45, 2.75) is 44.0 Å². The van der Waals surface area contributed by atoms with Crippen LogP contribution in [0.4, 0.5) is 0 Å². The van der Waals surface area contributed by atoms with E-state index in [4.69, 9.17) is 9.47 Å². The third-order valence-electron chi connectivity index (χ3n) is 6.94. The number of aliphatic hydroxyl groups excluding tert-OH is 2. The van der Waals surface area contributed by atoms with Gasteiger partial charge in [-0.2, -0.15) is 0 Å². The smallest absolute Gasteiger partial charge is 0.125 e. The summed E-state index contributed by atoms with van der Waals surface area (Å²) >= 11 is 0. The largest absolute Gasteiger partial charge is 0.497 e. The molecule has 2 atom stereocenters. The van der Waals surface area contributed by atoms with Crippen molar-refractivity contribution in [1.82, 2.24) is 9.88 Å². The van der Waals surface area contributed by atoms with Gasteiger partial charge in [0.1, 0.15) is 17.1 Å². The zero-order chi connectivity index (χ0) is 21.6. The Morgan fingerprint density at radius 2 is 2.00 bits per heavy atom. The van der Waals surface area contributed by atoms with Crippen LogP contribution in [0.3, 0.4) is 0 Å². The molecule has 0 saturated carbocycles. The number of benzene rings is 2. The number of likely N-dealkylation sites (tertiary alicyclic amines) is 1. The van der Waals surface area contributed by atoms with Crippen LogP contribution in [0.25, 0.3) is 10.9 Å². The van der Waals surface area contributed by atoms with E-state index < -0.39 is 12.2 Å². The van der Waals surface area contributed by atoms with E-state index in [2.05, 4.69) is 9.88 Å². The molecule has 31 heavy (non-hydrogen) atoms. The molecule has 3 aromatic rings. The minimum Gasteiger partial charge on any atom is -0.497 e. The number of methoxy groups -OCH3 is 1. The number of nitrogens with zero attached hydrogens (tertiary/aromatic N) is 1. The molecule has 1 aromatic heterocycles. The number of aryl methyl sites for hydroxylation is 1. The predicted octanol–water partition coefficient (Wildman–Crippen LogP) is 3.87. The average molecular weight is 423 g/mol. The highest BCUT2D eigenvalue weighted by molar-refractivity contribution is 5.86. The lowest BCUT2D eigenvalue weighted by molar-refractivity contribution is -0.0587. The van der Waals surface area contributed by atoms with Gasteiger partial charge in [-0.05, 0) is 44.0 Å². The highest BCUT2D eigenvalue weighted by atomic mass is 16.5. The summed E-state index contributed by atoms with van der Waals surface area (Å²) in [6.07, 6.45) is 1.23. The van der Waals surface area contributed by atoms with E-state index in [0.717, 1.165) is 65.2 Å². The summed E-state index contributed by atoms with van der Waals surface area (Å²) in [6.45, 7) is 4.23. The molecule has 3 heterocycles. The number of nitrogens with one attached hydrogen (secondary N) is 1. The fraction of sp³-hybridized carbons (Fsp3) is 0.440. The highest BCUT2D eigenvalue weighted by Gasteiger charge is 2.43. The third kappa shape index (κ3) is 3.69. The molecule has 1 fully saturated rings. The number of aliphatic hydroxyl groups is 2. The molecule has 0 bridgehead atoms. The quantitative estimate of drug-likeness (QED) is 0.595. The SMILES string of the molecule is COc1ccc2[nH]c(C)c([C@@H](O)CN3CCC4(CC3)C[C@H](O)c3ccccc3O4)c2c1. The summed E-state index contributed by atoms with van der Waals surface area (Å²) in [5.41, 5.74) is 3.50. The second-order valence-corrected chi connectivity index (χ2v) is 8.93. The second kappa shape index (κ2) is 7.86. The van der Waals surface area contributed by atoms with Crippen LogP contribution < -0.4 is 9.47 Å². The molecule has 0 amide bonds. The predicted molar refractivity (Wildman–Crippen MR) is 120 cm³/mol. The lowest BCUT2D eigenvalue weighted by Gasteiger charge is -2.46. The summed E-state index contributed by atoms with van der Waals surface area (Å²) in [5.74, 6) is 1.59. The van der Waals surface area contributed by atoms with Crippen molar-refractivity contribution in [3.05, 3.63) is 59.3 Å². The molecular formula is C25H30N2O4. The lowest BCUT2D eigenvalue weighted by Crippen LogP contribution is -2.51. The highest BCUT2D eigenvalue weighted by Crippen LogP contribution is 2.44. The van der Waals surface area contributed by atoms with Crippen LogP contribution in [-0.4, -0.2) is 52.4 Å². The zero-order valence-corrected chi connectivity index (χ0v) is 18.1. The summed E-state index contributed by atoms with van der Waals surface area (Å²) in [4.78, 5) is 5.67. The standard InChI is InChI=1S/C25H30N2O4/c1-16-24(19-13-17(30-2)7-8-20(19)26-16)22(29)15-27-11-9-25(10-12-27)14-21(28)18-5-3-4-6-23(18)31-25/h3-8,13,21-22,26,28-29H,9-12,14-15H2,1-2H3/t21-,22-/m0/s1. The van der Waals surface area contributed by atoms with Gasteiger partial charge in [-0.1, -0.05) is 18.2 Å². The van der Waals surface area contributed by atoms with Gasteiger partial charge < -0.3 is 29.6 Å². The molecule has 2 aliphatic rings. The molecule has 0 unspecified atom stereocenters. The maximum Gasteiger partial charge on any atom is 0.125 e. The Hall–Kier alpha value is -2.54. The summed E-state index contributed by atoms with van der Waals surface area (Å²) in [7, 11) is 1.66. The van der Waals surface area contributed by atoms with Gasteiger partial charge in [-0.15, -0.1) is 0 Å². The third-order valence-corrected chi connectivity index (χ3v) is 6.94. The Labute approximate surface area is 182 Å². The fourth-order valence-electron chi connectivity index (χ4n) is 5.25. The van der Waals surface area contributed by atoms with Gasteiger partial charge in [0.2, 0.25) is 0 Å². The number of piperidine rings is 1. The molecule has 6 heteroatoms. The van der Waals surface area contributed by atoms with Crippen LogP contribution in [0.2, 0.25) is 0 Å². The van der Waals surface area contributed by atoms with Crippen molar-refractivity contribution in [2.24, 2.45) is 0 Å². The van der Waals surface area contributed by atoms with Gasteiger partial charge in [0, 0.05) is 53.8 Å². The van der Waals surface area contributed by atoms with E-state index in [0.29, 0.717) is 13.0 Å². The number of rotatable bonds is 4. The monoisotopic (exact) mass is 422 g/mol. The van der Waals surface area contributed by atoms with Crippen LogP contribution in [-0.2, 0) is 0 Å². The first-order valence-electron chi connectivity index (χ1n) is 11.0. The Morgan fingerprint density at radius 1 is 1.23 bits per heavy atom. The van der Waals surface area contributed by atoms with E-state index in [1.54, 1.807) is 7.11 Å². The number of para-hydroxylation sites is 1. The molecule has 1 spiro atoms. The summed E-state index contributed by atoms with van der Waals surface area (Å²) in [6, 6.07) is 13.7. The van der Waals surface area contributed by atoms with E-state index in [9.17, 15) is 10.2 Å². The Bertz CT molecular complexity index is 1080. The van der Waals surface area contributed by atoms with Crippen molar-refractivity contribution in [3.8, 4) is 11.5 Å². The minimum atomic E-state index is -0.589. The van der Waals surface area contributed by atoms with Crippen LogP contribution >= 0.6 is 0 Å². The zero-order valence-electron chi connectivity index (χ0n) is 18.1. The van der Waals surface area contributed by atoms with Gasteiger partial charge in [-0.3, -0.25) is 0 Å². The number of hydrogen-bond donors (Lipinski definition) is 3. The first-order chi connectivity index (χ1) is 15.0. The molecule has 3 N–H and O–H groups in total. The number of H-pyrrole nitrogens is 1. The molecule has 1 saturated heterocycles. The summed E-state index contributed by atoms with van der Waals surface area (Å²) < 4.78 is 11.8. The maximum atomic E-state index is 11.1. The molecule has 2 aromatic carbocycles. The minimum absolute atomic E-state index is 0.320. The molecule has 2 aliphatic heterocycles. The lowest BCUT2D eigenvalue weighted by atomic mass is 9.81. The van der Waals surface area contributed by atoms with Gasteiger partial charge >= 0.3 is 0 Å². The van der Waals surface area contributed by atoms with Crippen LogP contribution in [0.15, 0.2) is 42.5 Å². The van der Waals surface area contributed by atoms with Crippen LogP contribution in [0, 0.1) is 6.92 Å². The van der Waals surface area contributed by atoms with Gasteiger partial charge in [-0.25, -0.2) is 0 Å². The Balaban J connectivity index is 1.28. The van der Waals surface area contributed by atoms with Crippen molar-refractivity contribution >= 4 is 10.9 Å². The molecular weight excluding hydrogens is 392 g/mol. The van der Waals surface area contributed by atoms with Crippen molar-refractivity contribution in [1.29, 1.82) is 0 Å². The Morgan fingerprint density at radius 3 is 2.77 bits per heavy atom. The number of fused-ring (bicyclic) bond motifs is 2. The number of hydrogen-bond acceptors (Lipinski definition) is 5. The maximum absolute atomic E-state index is 11.1. The Kier molecular flexibility index (Phi) is 5.16. The number of ether oxygens (including phenoxy) is 2. The summed E-state index contributed by atoms with van der Waals surface area (Å²) in [5, 5.41) is 22.8. The van der Waals surface area contributed by atoms with Gasteiger partial charge in [0.05, 0.1) is 19.3 Å². The normalized spacial score (nSPS) is 21.6. The van der Waals surface area contributed by atoms with Crippen molar-refractivity contribution in [3.63, 3.8) is 0 Å². The topological polar surface area (TPSA) is 78.0 Å². The second-order valence-electron chi connectivity index (χ2n) is 8.93. The first-order valence-corrected chi connectivity index (χ1v) is 11.0. The average Bonchev–Trinajstić information content (AvgIpc) is 3.10. The van der Waals surface area contributed by atoms with Crippen molar-refractivity contribution in [2.75, 3.05) is 26.7 Å². The molecule has 164 valence electrons. The molecule has 0 radical (unpaired) electrons. The van der Waals surface area contributed by atoms with E-state index in [1.807, 2.05) is 49.4 Å². The molecule has 6 nitrogen and oxygen atoms in total. The van der Waals surface area contributed by atoms with Gasteiger partial charge in [0.15, 0.2) is 0 Å². The van der Waals surface area contributed by atoms with Crippen molar-refractivity contribution < 1.29 is 19.7 Å². The van der Waals surface area contributed by atoms with E-state index in [1.165, 1.54) is 0 Å². The number of β-amino-alcohol motifs (C(OH)–C–C–N with tert-alkyl or cyclic N) is 1. The van der Waals surface area contributed by atoms with Crippen LogP contribution in [0.1, 0.15) is 48.3 Å². The fourth-order valence-corrected chi connectivity index (χ4v) is 5.25. The first kappa shape index (κ1) is 20.4. The van der Waals surface area contributed by atoms with E-state index in [-0.39, 0.29) is 5.60 Å². The van der Waals surface area contributed by atoms with E-state index >= 15 is 0 Å². The molecule has 5 rings (SSSR count). The molecule has 0 aliphatic carbocycles. The number of aromatic nitrogens is 1. The van der Waals surface area contributed by atoms with Gasteiger partial charge in [0.25, 0.3) is 0 Å². The number of aromatic amines is 1. The van der Waals surface area contributed by atoms with Crippen LogP contribution in [0.5, 0.6) is 11.5 Å².